The van der Waals surface area contributed by atoms with Crippen LogP contribution in [0.5, 0.6) is 0 Å². The molecule has 23 heavy (non-hydrogen) atoms. The van der Waals surface area contributed by atoms with Gasteiger partial charge in [-0.15, -0.1) is 11.3 Å². The smallest absolute Gasteiger partial charge is 0.173 e. The Morgan fingerprint density at radius 2 is 2.00 bits per heavy atom. The summed E-state index contributed by atoms with van der Waals surface area (Å²) in [6.07, 6.45) is 0.908. The lowest BCUT2D eigenvalue weighted by atomic mass is 10.2. The van der Waals surface area contributed by atoms with Crippen LogP contribution in [-0.4, -0.2) is 42.5 Å². The number of carbonyl (C=O) groups excluding carboxylic acids is 1. The van der Waals surface area contributed by atoms with Crippen molar-refractivity contribution in [2.24, 2.45) is 0 Å². The molecule has 1 aliphatic heterocycles. The first-order valence-corrected chi connectivity index (χ1v) is 8.81. The third-order valence-corrected chi connectivity index (χ3v) is 5.31. The summed E-state index contributed by atoms with van der Waals surface area (Å²) in [5.41, 5.74) is 2.25. The second kappa shape index (κ2) is 7.10. The number of hydrogen-bond donors (Lipinski definition) is 1. The van der Waals surface area contributed by atoms with Crippen molar-refractivity contribution in [1.82, 2.24) is 4.90 Å². The monoisotopic (exact) mass is 345 g/mol. The number of anilines is 2. The molecule has 1 aromatic heterocycles. The van der Waals surface area contributed by atoms with Crippen molar-refractivity contribution >= 4 is 45.6 Å². The predicted octanol–water partition coefficient (Wildman–Crippen LogP) is 3.39. The van der Waals surface area contributed by atoms with Gasteiger partial charge in [-0.25, -0.2) is 0 Å². The van der Waals surface area contributed by atoms with Crippen LogP contribution in [-0.2, 0) is 0 Å². The maximum Gasteiger partial charge on any atom is 0.173 e. The van der Waals surface area contributed by atoms with Crippen LogP contribution in [0.15, 0.2) is 36.4 Å². The van der Waals surface area contributed by atoms with E-state index in [2.05, 4.69) is 34.2 Å². The predicted molar refractivity (Wildman–Crippen MR) is 101 cm³/mol. The zero-order chi connectivity index (χ0) is 16.2. The van der Waals surface area contributed by atoms with Crippen LogP contribution in [0.1, 0.15) is 15.2 Å². The van der Waals surface area contributed by atoms with Crippen LogP contribution in [0.3, 0.4) is 0 Å². The Bertz CT molecular complexity index is 705. The van der Waals surface area contributed by atoms with Crippen molar-refractivity contribution in [2.45, 2.75) is 6.92 Å². The first-order chi connectivity index (χ1) is 11.2. The molecule has 6 heteroatoms. The molecule has 0 spiro atoms. The molecule has 1 fully saturated rings. The van der Waals surface area contributed by atoms with Gasteiger partial charge in [-0.2, -0.15) is 0 Å². The highest BCUT2D eigenvalue weighted by Crippen LogP contribution is 2.26. The van der Waals surface area contributed by atoms with Gasteiger partial charge in [-0.3, -0.25) is 4.79 Å². The molecule has 1 aromatic carbocycles. The summed E-state index contributed by atoms with van der Waals surface area (Å²) in [7, 11) is 0. The molecule has 1 N–H and O–H groups in total. The van der Waals surface area contributed by atoms with Crippen molar-refractivity contribution in [3.05, 3.63) is 46.8 Å². The van der Waals surface area contributed by atoms with E-state index in [1.54, 1.807) is 11.3 Å². The van der Waals surface area contributed by atoms with E-state index in [0.717, 1.165) is 53.1 Å². The Morgan fingerprint density at radius 1 is 1.22 bits per heavy atom. The zero-order valence-electron chi connectivity index (χ0n) is 13.0. The van der Waals surface area contributed by atoms with E-state index in [1.807, 2.05) is 24.3 Å². The van der Waals surface area contributed by atoms with Gasteiger partial charge in [0.1, 0.15) is 0 Å². The summed E-state index contributed by atoms with van der Waals surface area (Å²) < 4.78 is 0. The number of aldehydes is 1. The Balaban J connectivity index is 1.55. The Hall–Kier alpha value is -1.92. The van der Waals surface area contributed by atoms with Crippen molar-refractivity contribution in [2.75, 3.05) is 36.4 Å². The molecule has 2 heterocycles. The first kappa shape index (κ1) is 16.0. The van der Waals surface area contributed by atoms with Crippen LogP contribution in [0.4, 0.5) is 10.7 Å². The summed E-state index contributed by atoms with van der Waals surface area (Å²) in [5, 5.41) is 5.25. The average Bonchev–Trinajstić information content (AvgIpc) is 3.04. The highest BCUT2D eigenvalue weighted by Gasteiger charge is 2.20. The molecule has 0 radical (unpaired) electrons. The molecule has 1 saturated heterocycles. The van der Waals surface area contributed by atoms with E-state index in [4.69, 9.17) is 12.2 Å². The largest absolute Gasteiger partial charge is 0.360 e. The molecule has 0 aliphatic carbocycles. The lowest BCUT2D eigenvalue weighted by Crippen LogP contribution is -2.49. The maximum atomic E-state index is 10.8. The highest BCUT2D eigenvalue weighted by atomic mass is 32.1. The van der Waals surface area contributed by atoms with Crippen LogP contribution in [0.25, 0.3) is 0 Å². The van der Waals surface area contributed by atoms with Gasteiger partial charge in [0.15, 0.2) is 11.4 Å². The second-order valence-electron chi connectivity index (χ2n) is 5.57. The van der Waals surface area contributed by atoms with E-state index < -0.39 is 0 Å². The second-order valence-corrected chi connectivity index (χ2v) is 7.05. The van der Waals surface area contributed by atoms with E-state index in [-0.39, 0.29) is 0 Å². The third kappa shape index (κ3) is 3.89. The maximum absolute atomic E-state index is 10.8. The SMILES string of the molecule is Cc1cccc(NC(=S)N2CCN(c3ccc(C=O)s3)CC2)c1. The van der Waals surface area contributed by atoms with Crippen molar-refractivity contribution < 1.29 is 4.79 Å². The minimum Gasteiger partial charge on any atom is -0.360 e. The van der Waals surface area contributed by atoms with E-state index in [1.165, 1.54) is 5.56 Å². The summed E-state index contributed by atoms with van der Waals surface area (Å²) in [4.78, 5) is 16.1. The molecule has 4 nitrogen and oxygen atoms in total. The van der Waals surface area contributed by atoms with Gasteiger partial charge in [0, 0.05) is 31.9 Å². The molecule has 3 rings (SSSR count). The highest BCUT2D eigenvalue weighted by molar-refractivity contribution is 7.80. The standard InChI is InChI=1S/C17H19N3OS2/c1-13-3-2-4-14(11-13)18-17(22)20-9-7-19(8-10-20)16-6-5-15(12-21)23-16/h2-6,11-12H,7-10H2,1H3,(H,18,22). The van der Waals surface area contributed by atoms with Gasteiger partial charge < -0.3 is 15.1 Å². The van der Waals surface area contributed by atoms with Gasteiger partial charge in [-0.05, 0) is 49.0 Å². The van der Waals surface area contributed by atoms with Gasteiger partial charge in [-0.1, -0.05) is 12.1 Å². The number of carbonyl (C=O) groups is 1. The zero-order valence-corrected chi connectivity index (χ0v) is 14.6. The van der Waals surface area contributed by atoms with Crippen LogP contribution in [0, 0.1) is 6.92 Å². The number of thiophene rings is 1. The molecule has 0 amide bonds. The van der Waals surface area contributed by atoms with Crippen molar-refractivity contribution in [3.8, 4) is 0 Å². The molecular formula is C17H19N3OS2. The van der Waals surface area contributed by atoms with Crippen LogP contribution in [0.2, 0.25) is 0 Å². The van der Waals surface area contributed by atoms with Crippen LogP contribution >= 0.6 is 23.6 Å². The summed E-state index contributed by atoms with van der Waals surface area (Å²) in [6, 6.07) is 12.1. The summed E-state index contributed by atoms with van der Waals surface area (Å²) >= 11 is 7.07. The number of nitrogens with one attached hydrogen (secondary N) is 1. The third-order valence-electron chi connectivity index (χ3n) is 3.88. The first-order valence-electron chi connectivity index (χ1n) is 7.58. The number of thiocarbonyl (C=S) groups is 1. The Kier molecular flexibility index (Phi) is 4.93. The number of rotatable bonds is 3. The molecule has 2 aromatic rings. The van der Waals surface area contributed by atoms with Crippen molar-refractivity contribution in [1.29, 1.82) is 0 Å². The average molecular weight is 345 g/mol. The lowest BCUT2D eigenvalue weighted by Gasteiger charge is -2.36. The van der Waals surface area contributed by atoms with Gasteiger partial charge in [0.05, 0.1) is 9.88 Å². The molecule has 0 unspecified atom stereocenters. The molecule has 120 valence electrons. The lowest BCUT2D eigenvalue weighted by molar-refractivity contribution is 0.112. The summed E-state index contributed by atoms with van der Waals surface area (Å²) in [5.74, 6) is 0. The van der Waals surface area contributed by atoms with E-state index >= 15 is 0 Å². The number of benzene rings is 1. The van der Waals surface area contributed by atoms with Gasteiger partial charge in [0.25, 0.3) is 0 Å². The fourth-order valence-corrected chi connectivity index (χ4v) is 3.80. The normalized spacial score (nSPS) is 14.7. The minimum absolute atomic E-state index is 0.773. The number of hydrogen-bond acceptors (Lipinski definition) is 4. The minimum atomic E-state index is 0.773. The number of piperazine rings is 1. The molecule has 1 aliphatic rings. The van der Waals surface area contributed by atoms with Crippen molar-refractivity contribution in [3.63, 3.8) is 0 Å². The molecule has 0 bridgehead atoms. The fourth-order valence-electron chi connectivity index (χ4n) is 2.63. The molecular weight excluding hydrogens is 326 g/mol. The van der Waals surface area contributed by atoms with E-state index in [9.17, 15) is 4.79 Å². The molecule has 0 saturated carbocycles. The number of nitrogens with zero attached hydrogens (tertiary/aromatic N) is 2. The van der Waals surface area contributed by atoms with Crippen LogP contribution < -0.4 is 10.2 Å². The fraction of sp³-hybridized carbons (Fsp3) is 0.294. The quantitative estimate of drug-likeness (QED) is 0.681. The summed E-state index contributed by atoms with van der Waals surface area (Å²) in [6.45, 7) is 5.66. The topological polar surface area (TPSA) is 35.6 Å². The number of aryl methyl sites for hydroxylation is 1. The Labute approximate surface area is 145 Å². The molecule has 0 atom stereocenters. The van der Waals surface area contributed by atoms with E-state index in [0.29, 0.717) is 0 Å². The van der Waals surface area contributed by atoms with Gasteiger partial charge in [0.2, 0.25) is 0 Å². The Morgan fingerprint density at radius 3 is 2.65 bits per heavy atom. The van der Waals surface area contributed by atoms with Gasteiger partial charge >= 0.3 is 0 Å².